The molecule has 3 nitrogen and oxygen atoms in total. The molecule has 1 heterocycles. The Hall–Kier alpha value is -1.79. The first-order valence-electron chi connectivity index (χ1n) is 5.74. The Balaban J connectivity index is 2.09. The lowest BCUT2D eigenvalue weighted by molar-refractivity contribution is -0.132. The Morgan fingerprint density at radius 2 is 1.63 bits per heavy atom. The average Bonchev–Trinajstić information content (AvgIpc) is 2.90. The molecule has 1 saturated heterocycles. The van der Waals surface area contributed by atoms with E-state index in [4.69, 9.17) is 0 Å². The van der Waals surface area contributed by atoms with Crippen LogP contribution >= 0.6 is 0 Å². The number of nitrogens with zero attached hydrogens (tertiary/aromatic N) is 1. The van der Waals surface area contributed by atoms with Gasteiger partial charge in [0.15, 0.2) is 24.0 Å². The van der Waals surface area contributed by atoms with Crippen LogP contribution in [0.5, 0.6) is 5.75 Å². The summed E-state index contributed by atoms with van der Waals surface area (Å²) in [6, 6.07) is 0.0832. The molecule has 0 atom stereocenters. The van der Waals surface area contributed by atoms with E-state index in [2.05, 4.69) is 4.74 Å². The van der Waals surface area contributed by atoms with Crippen molar-refractivity contribution in [3.05, 3.63) is 29.3 Å². The van der Waals surface area contributed by atoms with Crippen molar-refractivity contribution in [1.82, 2.24) is 4.90 Å². The van der Waals surface area contributed by atoms with Crippen molar-refractivity contribution in [1.29, 1.82) is 0 Å². The minimum Gasteiger partial charge on any atom is -0.477 e. The Kier molecular flexibility index (Phi) is 3.92. The molecule has 19 heavy (non-hydrogen) atoms. The van der Waals surface area contributed by atoms with Gasteiger partial charge in [-0.1, -0.05) is 0 Å². The highest BCUT2D eigenvalue weighted by Gasteiger charge is 2.23. The lowest BCUT2D eigenvalue weighted by atomic mass is 10.3. The molecule has 0 aliphatic carbocycles. The SMILES string of the molecule is O=C(COc1c(F)c(F)cc(F)c1F)N1CCCC1. The number of halogens is 4. The van der Waals surface area contributed by atoms with Gasteiger partial charge in [-0.3, -0.25) is 4.79 Å². The summed E-state index contributed by atoms with van der Waals surface area (Å²) in [6.45, 7) is 0.437. The van der Waals surface area contributed by atoms with Crippen LogP contribution in [-0.4, -0.2) is 30.5 Å². The molecule has 1 aromatic rings. The number of amides is 1. The highest BCUT2D eigenvalue weighted by Crippen LogP contribution is 2.26. The van der Waals surface area contributed by atoms with Gasteiger partial charge >= 0.3 is 0 Å². The first-order chi connectivity index (χ1) is 9.00. The fraction of sp³-hybridized carbons (Fsp3) is 0.417. The summed E-state index contributed by atoms with van der Waals surface area (Å²) in [7, 11) is 0. The quantitative estimate of drug-likeness (QED) is 0.626. The largest absolute Gasteiger partial charge is 0.477 e. The van der Waals surface area contributed by atoms with E-state index in [-0.39, 0.29) is 6.07 Å². The van der Waals surface area contributed by atoms with Gasteiger partial charge in [0.05, 0.1) is 0 Å². The zero-order chi connectivity index (χ0) is 14.0. The van der Waals surface area contributed by atoms with Crippen LogP contribution in [-0.2, 0) is 4.79 Å². The molecule has 1 aliphatic rings. The molecule has 0 aromatic heterocycles. The van der Waals surface area contributed by atoms with Crippen molar-refractivity contribution in [2.75, 3.05) is 19.7 Å². The standard InChI is InChI=1S/C12H11F4NO2/c13-7-5-8(14)11(16)12(10(7)15)19-6-9(18)17-3-1-2-4-17/h5H,1-4,6H2. The minimum absolute atomic E-state index is 0.0832. The molecule has 0 N–H and O–H groups in total. The number of likely N-dealkylation sites (tertiary alicyclic amines) is 1. The lowest BCUT2D eigenvalue weighted by Crippen LogP contribution is -2.32. The summed E-state index contributed by atoms with van der Waals surface area (Å²) in [5.41, 5.74) is 0. The van der Waals surface area contributed by atoms with Gasteiger partial charge in [0.2, 0.25) is 11.6 Å². The van der Waals surface area contributed by atoms with Crippen molar-refractivity contribution in [3.8, 4) is 5.75 Å². The Bertz CT molecular complexity index is 475. The Morgan fingerprint density at radius 3 is 2.16 bits per heavy atom. The summed E-state index contributed by atoms with van der Waals surface area (Å²) < 4.78 is 56.8. The van der Waals surface area contributed by atoms with Gasteiger partial charge in [-0.25, -0.2) is 8.78 Å². The molecule has 7 heteroatoms. The summed E-state index contributed by atoms with van der Waals surface area (Å²) in [4.78, 5) is 13.0. The second-order valence-corrected chi connectivity index (χ2v) is 4.17. The van der Waals surface area contributed by atoms with E-state index >= 15 is 0 Å². The van der Waals surface area contributed by atoms with Crippen LogP contribution in [0.15, 0.2) is 6.07 Å². The highest BCUT2D eigenvalue weighted by molar-refractivity contribution is 5.78. The second-order valence-electron chi connectivity index (χ2n) is 4.17. The van der Waals surface area contributed by atoms with E-state index in [1.165, 1.54) is 4.90 Å². The average molecular weight is 277 g/mol. The summed E-state index contributed by atoms with van der Waals surface area (Å²) in [5.74, 6) is -8.10. The molecule has 0 saturated carbocycles. The van der Waals surface area contributed by atoms with Gasteiger partial charge in [0.25, 0.3) is 5.91 Å². The fourth-order valence-corrected chi connectivity index (χ4v) is 1.87. The molecule has 0 bridgehead atoms. The van der Waals surface area contributed by atoms with Crippen LogP contribution in [0.25, 0.3) is 0 Å². The third kappa shape index (κ3) is 2.80. The molecule has 0 unspecified atom stereocenters. The van der Waals surface area contributed by atoms with Gasteiger partial charge in [-0.2, -0.15) is 8.78 Å². The Labute approximate surface area is 106 Å². The lowest BCUT2D eigenvalue weighted by Gasteiger charge is -2.16. The third-order valence-corrected chi connectivity index (χ3v) is 2.87. The van der Waals surface area contributed by atoms with Crippen LogP contribution in [0, 0.1) is 23.3 Å². The van der Waals surface area contributed by atoms with E-state index in [1.807, 2.05) is 0 Å². The molecule has 1 fully saturated rings. The molecule has 1 aliphatic heterocycles. The summed E-state index contributed by atoms with van der Waals surface area (Å²) in [6.07, 6.45) is 1.70. The van der Waals surface area contributed by atoms with Crippen molar-refractivity contribution >= 4 is 5.91 Å². The molecule has 1 amide bonds. The zero-order valence-electron chi connectivity index (χ0n) is 9.89. The molecule has 2 rings (SSSR count). The normalized spacial score (nSPS) is 14.8. The zero-order valence-corrected chi connectivity index (χ0v) is 9.89. The molecule has 1 aromatic carbocycles. The fourth-order valence-electron chi connectivity index (χ4n) is 1.87. The van der Waals surface area contributed by atoms with Gasteiger partial charge in [0, 0.05) is 19.2 Å². The van der Waals surface area contributed by atoms with Crippen LogP contribution in [0.1, 0.15) is 12.8 Å². The van der Waals surface area contributed by atoms with E-state index in [9.17, 15) is 22.4 Å². The number of hydrogen-bond acceptors (Lipinski definition) is 2. The third-order valence-electron chi connectivity index (χ3n) is 2.87. The molecular formula is C12H11F4NO2. The van der Waals surface area contributed by atoms with Gasteiger partial charge in [-0.15, -0.1) is 0 Å². The highest BCUT2D eigenvalue weighted by atomic mass is 19.2. The number of rotatable bonds is 3. The summed E-state index contributed by atoms with van der Waals surface area (Å²) in [5, 5.41) is 0. The molecule has 104 valence electrons. The van der Waals surface area contributed by atoms with Crippen LogP contribution in [0.4, 0.5) is 17.6 Å². The second kappa shape index (κ2) is 5.46. The van der Waals surface area contributed by atoms with Gasteiger partial charge < -0.3 is 9.64 Å². The van der Waals surface area contributed by atoms with Crippen molar-refractivity contribution < 1.29 is 27.1 Å². The number of hydrogen-bond donors (Lipinski definition) is 0. The Morgan fingerprint density at radius 1 is 1.11 bits per heavy atom. The maximum atomic E-state index is 13.2. The van der Waals surface area contributed by atoms with Crippen LogP contribution < -0.4 is 4.74 Å². The van der Waals surface area contributed by atoms with Gasteiger partial charge in [-0.05, 0) is 12.8 Å². The van der Waals surface area contributed by atoms with Gasteiger partial charge in [0.1, 0.15) is 0 Å². The predicted molar refractivity (Wildman–Crippen MR) is 57.6 cm³/mol. The molecule has 0 radical (unpaired) electrons. The summed E-state index contributed by atoms with van der Waals surface area (Å²) >= 11 is 0. The maximum Gasteiger partial charge on any atom is 0.260 e. The van der Waals surface area contributed by atoms with E-state index in [0.717, 1.165) is 12.8 Å². The maximum absolute atomic E-state index is 13.2. The van der Waals surface area contributed by atoms with Crippen molar-refractivity contribution in [3.63, 3.8) is 0 Å². The van der Waals surface area contributed by atoms with Crippen LogP contribution in [0.2, 0.25) is 0 Å². The van der Waals surface area contributed by atoms with Crippen molar-refractivity contribution in [2.24, 2.45) is 0 Å². The molecular weight excluding hydrogens is 266 g/mol. The van der Waals surface area contributed by atoms with E-state index in [0.29, 0.717) is 13.1 Å². The number of ether oxygens (including phenoxy) is 1. The predicted octanol–water partition coefficient (Wildman–Crippen LogP) is 2.24. The monoisotopic (exact) mass is 277 g/mol. The van der Waals surface area contributed by atoms with E-state index < -0.39 is 41.5 Å². The smallest absolute Gasteiger partial charge is 0.260 e. The topological polar surface area (TPSA) is 29.5 Å². The minimum atomic E-state index is -1.65. The van der Waals surface area contributed by atoms with Crippen LogP contribution in [0.3, 0.4) is 0 Å². The molecule has 0 spiro atoms. The number of carbonyl (C=O) groups is 1. The van der Waals surface area contributed by atoms with E-state index in [1.54, 1.807) is 0 Å². The first kappa shape index (κ1) is 13.6. The number of benzene rings is 1. The van der Waals surface area contributed by atoms with Crippen molar-refractivity contribution in [2.45, 2.75) is 12.8 Å². The number of carbonyl (C=O) groups excluding carboxylic acids is 1. The first-order valence-corrected chi connectivity index (χ1v) is 5.74.